The molecule has 9 heteroatoms. The van der Waals surface area contributed by atoms with Crippen LogP contribution in [-0.4, -0.2) is 40.4 Å². The van der Waals surface area contributed by atoms with Crippen LogP contribution in [0.2, 0.25) is 0 Å². The number of benzene rings is 3. The molecule has 2 atom stereocenters. The minimum Gasteiger partial charge on any atom is -0.331 e. The molecule has 3 aromatic rings. The quantitative estimate of drug-likeness (QED) is 0.450. The fourth-order valence-corrected chi connectivity index (χ4v) is 4.79. The highest BCUT2D eigenvalue weighted by Gasteiger charge is 2.33. The van der Waals surface area contributed by atoms with Gasteiger partial charge in [0, 0.05) is 45.4 Å². The molecule has 0 aromatic heterocycles. The van der Waals surface area contributed by atoms with E-state index >= 15 is 0 Å². The van der Waals surface area contributed by atoms with Gasteiger partial charge in [-0.2, -0.15) is 5.26 Å². The molecule has 184 valence electrons. The molecule has 3 amide bonds. The zero-order valence-electron chi connectivity index (χ0n) is 19.9. The summed E-state index contributed by atoms with van der Waals surface area (Å²) >= 11 is 0. The van der Waals surface area contributed by atoms with E-state index < -0.39 is 16.8 Å². The van der Waals surface area contributed by atoms with Gasteiger partial charge in [-0.05, 0) is 79.0 Å². The zero-order valence-corrected chi connectivity index (χ0v) is 20.7. The molecule has 0 saturated carbocycles. The van der Waals surface area contributed by atoms with E-state index in [0.717, 1.165) is 11.1 Å². The monoisotopic (exact) mass is 501 g/mol. The molecule has 4 rings (SSSR count). The standard InChI is InChI=1S/C27H27N5O3S/c1-36(35)23-11-9-21(10-12-23)30-27(34)31-22-8-7-20-15-25(19-5-3-18(17-29)4-6-19)32(14-2-13-28)26(33)24(20)16-22/h3-12,16,25H,2,13-15,28H2,1H3,(H2,30,31,34). The Labute approximate surface area is 212 Å². The van der Waals surface area contributed by atoms with Crippen molar-refractivity contribution in [2.45, 2.75) is 23.8 Å². The summed E-state index contributed by atoms with van der Waals surface area (Å²) in [5.74, 6) is -0.119. The number of urea groups is 1. The lowest BCUT2D eigenvalue weighted by molar-refractivity contribution is 0.0646. The normalized spacial score (nSPS) is 15.5. The summed E-state index contributed by atoms with van der Waals surface area (Å²) in [5.41, 5.74) is 9.77. The second-order valence-electron chi connectivity index (χ2n) is 8.52. The summed E-state index contributed by atoms with van der Waals surface area (Å²) in [6, 6.07) is 20.9. The fraction of sp³-hybridized carbons (Fsp3) is 0.222. The first-order valence-electron chi connectivity index (χ1n) is 11.5. The largest absolute Gasteiger partial charge is 0.331 e. The predicted octanol–water partition coefficient (Wildman–Crippen LogP) is 4.03. The lowest BCUT2D eigenvalue weighted by Gasteiger charge is -2.37. The van der Waals surface area contributed by atoms with Gasteiger partial charge in [-0.15, -0.1) is 0 Å². The van der Waals surface area contributed by atoms with Crippen LogP contribution < -0.4 is 16.4 Å². The molecule has 0 bridgehead atoms. The predicted molar refractivity (Wildman–Crippen MR) is 140 cm³/mol. The van der Waals surface area contributed by atoms with Crippen molar-refractivity contribution in [3.63, 3.8) is 0 Å². The van der Waals surface area contributed by atoms with Crippen molar-refractivity contribution >= 4 is 34.1 Å². The number of carbonyl (C=O) groups is 2. The summed E-state index contributed by atoms with van der Waals surface area (Å²) in [6.45, 7) is 0.976. The van der Waals surface area contributed by atoms with E-state index in [4.69, 9.17) is 11.0 Å². The molecule has 0 radical (unpaired) electrons. The number of fused-ring (bicyclic) bond motifs is 1. The van der Waals surface area contributed by atoms with Gasteiger partial charge < -0.3 is 21.3 Å². The van der Waals surface area contributed by atoms with Crippen LogP contribution in [0.1, 0.15) is 39.5 Å². The van der Waals surface area contributed by atoms with Gasteiger partial charge in [-0.1, -0.05) is 18.2 Å². The van der Waals surface area contributed by atoms with Crippen LogP contribution in [0.5, 0.6) is 0 Å². The van der Waals surface area contributed by atoms with Crippen molar-refractivity contribution in [2.75, 3.05) is 30.0 Å². The molecule has 3 aromatic carbocycles. The first-order valence-corrected chi connectivity index (χ1v) is 13.1. The third kappa shape index (κ3) is 5.62. The highest BCUT2D eigenvalue weighted by molar-refractivity contribution is 7.84. The maximum atomic E-state index is 13.5. The van der Waals surface area contributed by atoms with Gasteiger partial charge in [0.1, 0.15) is 0 Å². The average molecular weight is 502 g/mol. The first-order chi connectivity index (χ1) is 17.4. The van der Waals surface area contributed by atoms with E-state index in [-0.39, 0.29) is 11.9 Å². The number of nitriles is 1. The lowest BCUT2D eigenvalue weighted by atomic mass is 9.88. The van der Waals surface area contributed by atoms with Crippen LogP contribution in [0.3, 0.4) is 0 Å². The second kappa shape index (κ2) is 11.2. The number of hydrogen-bond donors (Lipinski definition) is 3. The Bertz CT molecular complexity index is 1330. The number of nitrogens with zero attached hydrogens (tertiary/aromatic N) is 2. The Morgan fingerprint density at radius 3 is 2.39 bits per heavy atom. The minimum absolute atomic E-state index is 0.119. The van der Waals surface area contributed by atoms with E-state index in [2.05, 4.69) is 16.7 Å². The van der Waals surface area contributed by atoms with Gasteiger partial charge in [0.05, 0.1) is 17.7 Å². The third-order valence-electron chi connectivity index (χ3n) is 6.12. The number of amides is 3. The first kappa shape index (κ1) is 25.1. The van der Waals surface area contributed by atoms with E-state index in [0.29, 0.717) is 53.3 Å². The zero-order chi connectivity index (χ0) is 25.7. The number of rotatable bonds is 7. The Morgan fingerprint density at radius 1 is 1.08 bits per heavy atom. The van der Waals surface area contributed by atoms with Crippen LogP contribution >= 0.6 is 0 Å². The molecular formula is C27H27N5O3S. The highest BCUT2D eigenvalue weighted by Crippen LogP contribution is 2.34. The summed E-state index contributed by atoms with van der Waals surface area (Å²) in [6.07, 6.45) is 2.88. The molecule has 0 aliphatic carbocycles. The molecule has 2 unspecified atom stereocenters. The van der Waals surface area contributed by atoms with Gasteiger partial charge in [0.2, 0.25) is 0 Å². The Kier molecular flexibility index (Phi) is 7.78. The summed E-state index contributed by atoms with van der Waals surface area (Å²) < 4.78 is 11.5. The van der Waals surface area contributed by atoms with Crippen molar-refractivity contribution in [1.29, 1.82) is 5.26 Å². The SMILES string of the molecule is CS(=O)c1ccc(NC(=O)Nc2ccc3c(c2)C(=O)N(CCCN)C(c2ccc(C#N)cc2)C3)cc1. The van der Waals surface area contributed by atoms with E-state index in [1.54, 1.807) is 54.8 Å². The molecule has 36 heavy (non-hydrogen) atoms. The smallest absolute Gasteiger partial charge is 0.323 e. The molecule has 1 heterocycles. The van der Waals surface area contributed by atoms with Gasteiger partial charge in [-0.3, -0.25) is 9.00 Å². The average Bonchev–Trinajstić information content (AvgIpc) is 2.88. The van der Waals surface area contributed by atoms with Crippen molar-refractivity contribution in [3.8, 4) is 6.07 Å². The molecule has 0 fully saturated rings. The maximum absolute atomic E-state index is 13.5. The number of anilines is 2. The van der Waals surface area contributed by atoms with Crippen LogP contribution in [0, 0.1) is 11.3 Å². The van der Waals surface area contributed by atoms with Crippen LogP contribution in [0.15, 0.2) is 71.6 Å². The fourth-order valence-electron chi connectivity index (χ4n) is 4.27. The summed E-state index contributed by atoms with van der Waals surface area (Å²) in [5, 5.41) is 14.6. The lowest BCUT2D eigenvalue weighted by Crippen LogP contribution is -2.41. The number of hydrogen-bond acceptors (Lipinski definition) is 5. The van der Waals surface area contributed by atoms with Crippen molar-refractivity contribution in [3.05, 3.63) is 89.0 Å². The Hall–Kier alpha value is -4.00. The number of nitrogens with two attached hydrogens (primary N) is 1. The number of carbonyl (C=O) groups excluding carboxylic acids is 2. The second-order valence-corrected chi connectivity index (χ2v) is 9.90. The van der Waals surface area contributed by atoms with Crippen LogP contribution in [0.4, 0.5) is 16.2 Å². The number of nitrogens with one attached hydrogen (secondary N) is 2. The van der Waals surface area contributed by atoms with E-state index in [1.165, 1.54) is 0 Å². The van der Waals surface area contributed by atoms with Crippen LogP contribution in [0.25, 0.3) is 0 Å². The van der Waals surface area contributed by atoms with Crippen molar-refractivity contribution in [1.82, 2.24) is 4.90 Å². The molecule has 1 aliphatic heterocycles. The summed E-state index contributed by atoms with van der Waals surface area (Å²) in [7, 11) is -1.09. The Balaban J connectivity index is 1.53. The van der Waals surface area contributed by atoms with Gasteiger partial charge >= 0.3 is 6.03 Å². The van der Waals surface area contributed by atoms with Gasteiger partial charge in [0.25, 0.3) is 5.91 Å². The molecule has 0 spiro atoms. The van der Waals surface area contributed by atoms with E-state index in [9.17, 15) is 13.8 Å². The topological polar surface area (TPSA) is 128 Å². The van der Waals surface area contributed by atoms with Crippen LogP contribution in [-0.2, 0) is 17.2 Å². The van der Waals surface area contributed by atoms with Gasteiger partial charge in [0.15, 0.2) is 0 Å². The minimum atomic E-state index is -1.09. The van der Waals surface area contributed by atoms with E-state index in [1.807, 2.05) is 23.1 Å². The Morgan fingerprint density at radius 2 is 1.75 bits per heavy atom. The van der Waals surface area contributed by atoms with Crippen molar-refractivity contribution in [2.24, 2.45) is 5.73 Å². The third-order valence-corrected chi connectivity index (χ3v) is 7.06. The summed E-state index contributed by atoms with van der Waals surface area (Å²) in [4.78, 5) is 28.5. The molecule has 0 saturated heterocycles. The molecule has 4 N–H and O–H groups in total. The molecule has 8 nitrogen and oxygen atoms in total. The molecular weight excluding hydrogens is 474 g/mol. The van der Waals surface area contributed by atoms with Crippen molar-refractivity contribution < 1.29 is 13.8 Å². The maximum Gasteiger partial charge on any atom is 0.323 e. The van der Waals surface area contributed by atoms with Gasteiger partial charge in [-0.25, -0.2) is 4.79 Å². The highest BCUT2D eigenvalue weighted by atomic mass is 32.2. The molecule has 1 aliphatic rings.